The second-order valence-electron chi connectivity index (χ2n) is 8.83. The normalized spacial score (nSPS) is 13.8. The van der Waals surface area contributed by atoms with Gasteiger partial charge in [-0.05, 0) is 89.8 Å². The lowest BCUT2D eigenvalue weighted by Crippen LogP contribution is -2.11. The summed E-state index contributed by atoms with van der Waals surface area (Å²) in [4.78, 5) is 10.8. The summed E-state index contributed by atoms with van der Waals surface area (Å²) < 4.78 is 46.5. The number of carboxylic acids is 1. The second-order valence-corrected chi connectivity index (χ2v) is 8.83. The predicted octanol–water partition coefficient (Wildman–Crippen LogP) is 7.71. The summed E-state index contributed by atoms with van der Waals surface area (Å²) in [6.07, 6.45) is -2.41. The van der Waals surface area contributed by atoms with E-state index in [9.17, 15) is 18.0 Å². The van der Waals surface area contributed by atoms with Crippen molar-refractivity contribution in [1.29, 1.82) is 0 Å². The Morgan fingerprint density at radius 2 is 1.74 bits per heavy atom. The smallest absolute Gasteiger partial charge is 0.416 e. The largest absolute Gasteiger partial charge is 0.489 e. The van der Waals surface area contributed by atoms with Crippen molar-refractivity contribution in [2.24, 2.45) is 0 Å². The Balaban J connectivity index is 1.57. The standard InChI is InChI=1S/C29H27F3O3/c1-19-10-11-22(16-26(19)20-6-3-2-4-7-20)25-9-5-8-23(25)18-35-24-14-12-21(13-15-28(33)34)27(17-24)29(30,31)32/h2-4,6-7,10-12,14,16-17H,5,8-9,13,15,18H2,1H3,(H,33,34). The summed E-state index contributed by atoms with van der Waals surface area (Å²) in [5.41, 5.74) is 6.00. The van der Waals surface area contributed by atoms with Crippen LogP contribution in [-0.4, -0.2) is 17.7 Å². The number of rotatable bonds is 8. The average Bonchev–Trinajstić information content (AvgIpc) is 3.30. The van der Waals surface area contributed by atoms with Crippen molar-refractivity contribution in [3.8, 4) is 16.9 Å². The van der Waals surface area contributed by atoms with Crippen molar-refractivity contribution in [3.05, 3.63) is 94.6 Å². The topological polar surface area (TPSA) is 46.5 Å². The lowest BCUT2D eigenvalue weighted by atomic mass is 9.94. The highest BCUT2D eigenvalue weighted by Crippen LogP contribution is 2.38. The maximum atomic E-state index is 13.6. The van der Waals surface area contributed by atoms with Crippen molar-refractivity contribution in [2.75, 3.05) is 6.61 Å². The molecule has 1 N–H and O–H groups in total. The quantitative estimate of drug-likeness (QED) is 0.359. The first-order chi connectivity index (χ1) is 16.7. The van der Waals surface area contributed by atoms with Crippen LogP contribution in [0.5, 0.6) is 5.75 Å². The molecule has 1 aliphatic rings. The maximum absolute atomic E-state index is 13.6. The molecule has 0 heterocycles. The molecule has 182 valence electrons. The first kappa shape index (κ1) is 24.6. The lowest BCUT2D eigenvalue weighted by Gasteiger charge is -2.16. The Morgan fingerprint density at radius 1 is 0.971 bits per heavy atom. The van der Waals surface area contributed by atoms with Crippen LogP contribution in [0.3, 0.4) is 0 Å². The van der Waals surface area contributed by atoms with E-state index in [4.69, 9.17) is 9.84 Å². The molecule has 3 aromatic carbocycles. The summed E-state index contributed by atoms with van der Waals surface area (Å²) >= 11 is 0. The van der Waals surface area contributed by atoms with Crippen LogP contribution in [0.15, 0.2) is 72.3 Å². The van der Waals surface area contributed by atoms with E-state index in [1.165, 1.54) is 23.3 Å². The summed E-state index contributed by atoms with van der Waals surface area (Å²) in [5, 5.41) is 8.83. The van der Waals surface area contributed by atoms with Gasteiger partial charge >= 0.3 is 12.1 Å². The second kappa shape index (κ2) is 10.4. The third kappa shape index (κ3) is 5.94. The number of allylic oxidation sites excluding steroid dienone is 1. The van der Waals surface area contributed by atoms with Crippen molar-refractivity contribution in [2.45, 2.75) is 45.2 Å². The van der Waals surface area contributed by atoms with Gasteiger partial charge in [0.2, 0.25) is 0 Å². The Kier molecular flexibility index (Phi) is 7.29. The van der Waals surface area contributed by atoms with Crippen LogP contribution in [0.1, 0.15) is 47.9 Å². The highest BCUT2D eigenvalue weighted by Gasteiger charge is 2.34. The molecule has 35 heavy (non-hydrogen) atoms. The fourth-order valence-electron chi connectivity index (χ4n) is 4.59. The molecule has 0 bridgehead atoms. The van der Waals surface area contributed by atoms with E-state index >= 15 is 0 Å². The van der Waals surface area contributed by atoms with Crippen LogP contribution >= 0.6 is 0 Å². The van der Waals surface area contributed by atoms with Gasteiger partial charge in [-0.25, -0.2) is 0 Å². The lowest BCUT2D eigenvalue weighted by molar-refractivity contribution is -0.140. The molecule has 0 fully saturated rings. The van der Waals surface area contributed by atoms with Gasteiger partial charge < -0.3 is 9.84 Å². The first-order valence-electron chi connectivity index (χ1n) is 11.6. The summed E-state index contributed by atoms with van der Waals surface area (Å²) in [6.45, 7) is 2.30. The van der Waals surface area contributed by atoms with Crippen molar-refractivity contribution >= 4 is 11.5 Å². The molecule has 3 aromatic rings. The monoisotopic (exact) mass is 480 g/mol. The van der Waals surface area contributed by atoms with E-state index in [1.807, 2.05) is 18.2 Å². The van der Waals surface area contributed by atoms with E-state index in [0.717, 1.165) is 47.6 Å². The molecule has 6 heteroatoms. The molecular weight excluding hydrogens is 453 g/mol. The minimum Gasteiger partial charge on any atom is -0.489 e. The summed E-state index contributed by atoms with van der Waals surface area (Å²) in [7, 11) is 0. The van der Waals surface area contributed by atoms with Crippen LogP contribution in [0.2, 0.25) is 0 Å². The van der Waals surface area contributed by atoms with Crippen LogP contribution in [0.25, 0.3) is 16.7 Å². The highest BCUT2D eigenvalue weighted by molar-refractivity contribution is 5.77. The fourth-order valence-corrected chi connectivity index (χ4v) is 4.59. The van der Waals surface area contributed by atoms with Crippen molar-refractivity contribution < 1.29 is 27.8 Å². The summed E-state index contributed by atoms with van der Waals surface area (Å²) in [5.74, 6) is -1.00. The molecule has 1 aliphatic carbocycles. The van der Waals surface area contributed by atoms with Gasteiger partial charge in [-0.15, -0.1) is 0 Å². The number of hydrogen-bond donors (Lipinski definition) is 1. The molecule has 0 spiro atoms. The molecule has 3 nitrogen and oxygen atoms in total. The summed E-state index contributed by atoms with van der Waals surface area (Å²) in [6, 6.07) is 20.3. The minimum absolute atomic E-state index is 0.0406. The fraction of sp³-hybridized carbons (Fsp3) is 0.276. The van der Waals surface area contributed by atoms with E-state index in [1.54, 1.807) is 0 Å². The Bertz CT molecular complexity index is 1240. The number of halogens is 3. The third-order valence-electron chi connectivity index (χ3n) is 6.41. The number of alkyl halides is 3. The van der Waals surface area contributed by atoms with Crippen LogP contribution in [0.4, 0.5) is 13.2 Å². The van der Waals surface area contributed by atoms with Gasteiger partial charge in [0.15, 0.2) is 0 Å². The van der Waals surface area contributed by atoms with E-state index in [-0.39, 0.29) is 30.8 Å². The van der Waals surface area contributed by atoms with Crippen LogP contribution in [0, 0.1) is 6.92 Å². The molecule has 0 atom stereocenters. The van der Waals surface area contributed by atoms with Gasteiger partial charge in [0.05, 0.1) is 5.56 Å². The molecule has 4 rings (SSSR count). The van der Waals surface area contributed by atoms with E-state index in [0.29, 0.717) is 0 Å². The Hall–Kier alpha value is -3.54. The zero-order valence-electron chi connectivity index (χ0n) is 19.5. The van der Waals surface area contributed by atoms with Crippen LogP contribution < -0.4 is 4.74 Å². The van der Waals surface area contributed by atoms with Crippen molar-refractivity contribution in [1.82, 2.24) is 0 Å². The third-order valence-corrected chi connectivity index (χ3v) is 6.41. The molecule has 0 saturated carbocycles. The van der Waals surface area contributed by atoms with Gasteiger partial charge in [0.25, 0.3) is 0 Å². The number of aryl methyl sites for hydroxylation is 2. The SMILES string of the molecule is Cc1ccc(C2=C(COc3ccc(CCC(=O)O)c(C(F)(F)F)c3)CCC2)cc1-c1ccccc1. The van der Waals surface area contributed by atoms with E-state index in [2.05, 4.69) is 37.3 Å². The molecule has 0 aliphatic heterocycles. The highest BCUT2D eigenvalue weighted by atomic mass is 19.4. The van der Waals surface area contributed by atoms with Crippen molar-refractivity contribution in [3.63, 3.8) is 0 Å². The number of carbonyl (C=O) groups is 1. The van der Waals surface area contributed by atoms with Gasteiger partial charge in [0, 0.05) is 6.42 Å². The van der Waals surface area contributed by atoms with Gasteiger partial charge in [0.1, 0.15) is 12.4 Å². The van der Waals surface area contributed by atoms with Gasteiger partial charge in [-0.2, -0.15) is 13.2 Å². The number of carboxylic acid groups (broad SMARTS) is 1. The number of hydrogen-bond acceptors (Lipinski definition) is 2. The molecule has 0 aromatic heterocycles. The maximum Gasteiger partial charge on any atom is 0.416 e. The first-order valence-corrected chi connectivity index (χ1v) is 11.6. The molecular formula is C29H27F3O3. The average molecular weight is 481 g/mol. The predicted molar refractivity (Wildman–Crippen MR) is 130 cm³/mol. The number of benzene rings is 3. The van der Waals surface area contributed by atoms with Gasteiger partial charge in [-0.3, -0.25) is 4.79 Å². The number of ether oxygens (including phenoxy) is 1. The minimum atomic E-state index is -4.58. The zero-order valence-corrected chi connectivity index (χ0v) is 19.5. The molecule has 0 amide bonds. The number of aliphatic carboxylic acids is 1. The Morgan fingerprint density at radius 3 is 2.46 bits per heavy atom. The van der Waals surface area contributed by atoms with Gasteiger partial charge in [-0.1, -0.05) is 48.5 Å². The molecule has 0 saturated heterocycles. The van der Waals surface area contributed by atoms with E-state index < -0.39 is 17.7 Å². The molecule has 0 radical (unpaired) electrons. The Labute approximate surface area is 202 Å². The zero-order chi connectivity index (χ0) is 25.0. The molecule has 0 unspecified atom stereocenters. The van der Waals surface area contributed by atoms with Crippen LogP contribution in [-0.2, 0) is 17.4 Å².